The van der Waals surface area contributed by atoms with E-state index in [1.165, 1.54) is 76.0 Å². The molecule has 2 fully saturated rings. The maximum absolute atomic E-state index is 10.7. The summed E-state index contributed by atoms with van der Waals surface area (Å²) in [6.07, 6.45) is 20.3. The van der Waals surface area contributed by atoms with Gasteiger partial charge >= 0.3 is 39.4 Å². The van der Waals surface area contributed by atoms with E-state index in [0.717, 1.165) is 0 Å². The zero-order chi connectivity index (χ0) is 22.8. The largest absolute Gasteiger partial charge is 0.128 e. The second-order valence-corrected chi connectivity index (χ2v) is 6.67. The monoisotopic (exact) mass is 546 g/mol. The Morgan fingerprint density at radius 3 is 0.862 bits per heavy atom. The van der Waals surface area contributed by atoms with Gasteiger partial charge in [-0.25, -0.2) is 8.42 Å². The molecule has 29 heavy (non-hydrogen) atoms. The van der Waals surface area contributed by atoms with E-state index in [0.29, 0.717) is 0 Å². The predicted molar refractivity (Wildman–Crippen MR) is 92.6 cm³/mol. The van der Waals surface area contributed by atoms with Gasteiger partial charge in [0.2, 0.25) is 0 Å². The summed E-state index contributed by atoms with van der Waals surface area (Å²) < 4.78 is 81.4. The summed E-state index contributed by atoms with van der Waals surface area (Å²) in [4.78, 5) is 0. The topological polar surface area (TPSA) is 117 Å². The third kappa shape index (κ3) is 52.5. The molecule has 2 rings (SSSR count). The Hall–Kier alpha value is 0.179. The minimum atomic E-state index is -6.09. The van der Waals surface area contributed by atoms with Crippen LogP contribution >= 0.6 is 11.8 Å². The number of rotatable bonds is 0. The quantitative estimate of drug-likeness (QED) is 0.140. The Labute approximate surface area is 197 Å². The van der Waals surface area contributed by atoms with Crippen molar-refractivity contribution in [3.8, 4) is 0 Å². The Morgan fingerprint density at radius 2 is 0.828 bits per heavy atom. The van der Waals surface area contributed by atoms with Gasteiger partial charge in [0.15, 0.2) is 10.1 Å². The van der Waals surface area contributed by atoms with Crippen molar-refractivity contribution in [2.45, 2.75) is 69.7 Å². The normalized spacial score (nSPS) is 12.9. The summed E-state index contributed by atoms with van der Waals surface area (Å²) in [5.41, 5.74) is -5.65. The summed E-state index contributed by atoms with van der Waals surface area (Å²) in [5, 5.41) is 0. The van der Waals surface area contributed by atoms with Crippen LogP contribution in [0.2, 0.25) is 0 Å². The van der Waals surface area contributed by atoms with Crippen LogP contribution in [0.25, 0.3) is 0 Å². The Balaban J connectivity index is -0.0000000413. The van der Waals surface area contributed by atoms with E-state index in [1.807, 2.05) is 6.26 Å². The second-order valence-electron chi connectivity index (χ2n) is 4.72. The third-order valence-corrected chi connectivity index (χ3v) is 3.35. The molecule has 174 valence electrons. The van der Waals surface area contributed by atoms with E-state index in [9.17, 15) is 13.2 Å². The molecule has 0 aliphatic heterocycles. The Morgan fingerprint density at radius 1 is 0.759 bits per heavy atom. The number of hydrogen-bond donors (Lipinski definition) is 0. The van der Waals surface area contributed by atoms with Gasteiger partial charge in [0, 0.05) is 40.4 Å². The second kappa shape index (κ2) is 38.7. The van der Waals surface area contributed by atoms with Crippen molar-refractivity contribution in [3.05, 3.63) is 26.2 Å². The van der Waals surface area contributed by atoms with E-state index < -0.39 is 15.6 Å². The van der Waals surface area contributed by atoms with Crippen LogP contribution in [0.5, 0.6) is 0 Å². The van der Waals surface area contributed by atoms with Crippen LogP contribution in [-0.4, -0.2) is 24.7 Å². The smallest absolute Gasteiger partial charge is 0 e. The molecule has 0 spiro atoms. The Kier molecular flexibility index (Phi) is 62.9. The molecular formula is C16H25F3Fe2O6S2. The number of hydrogen-bond acceptors (Lipinski definition) is 4. The predicted octanol–water partition coefficient (Wildman–Crippen LogP) is 4.98. The summed E-state index contributed by atoms with van der Waals surface area (Å²) in [6.45, 7) is 13.5. The average molecular weight is 546 g/mol. The average Bonchev–Trinajstić information content (AvgIpc) is 3.38. The van der Waals surface area contributed by atoms with Gasteiger partial charge in [-0.3, -0.25) is 0 Å². The molecule has 6 nitrogen and oxygen atoms in total. The van der Waals surface area contributed by atoms with Gasteiger partial charge in [-0.1, -0.05) is 64.2 Å². The van der Waals surface area contributed by atoms with Crippen molar-refractivity contribution in [1.82, 2.24) is 0 Å². The van der Waals surface area contributed by atoms with Crippen LogP contribution in [0, 0.1) is 26.2 Å². The maximum atomic E-state index is 10.7. The first-order chi connectivity index (χ1) is 12.7. The molecule has 0 radical (unpaired) electrons. The van der Waals surface area contributed by atoms with Gasteiger partial charge in [-0.2, -0.15) is 13.2 Å². The van der Waals surface area contributed by atoms with Crippen molar-refractivity contribution >= 4 is 21.9 Å². The van der Waals surface area contributed by atoms with E-state index in [1.54, 1.807) is 0 Å². The summed E-state index contributed by atoms with van der Waals surface area (Å²) in [7, 11) is -6.09. The molecule has 0 atom stereocenters. The minimum absolute atomic E-state index is 0. The molecule has 2 saturated carbocycles. The summed E-state index contributed by atoms with van der Waals surface area (Å²) in [5.74, 6) is 0. The molecule has 2 aliphatic carbocycles. The number of thioether (sulfide) groups is 1. The zero-order valence-corrected chi connectivity index (χ0v) is 19.7. The van der Waals surface area contributed by atoms with Gasteiger partial charge in [0.25, 0.3) is 0 Å². The zero-order valence-electron chi connectivity index (χ0n) is 15.9. The molecule has 0 aromatic rings. The van der Waals surface area contributed by atoms with Crippen LogP contribution < -0.4 is 0 Å². The standard InChI is InChI=1S/2C5H10.C2H5S.CHF3O3S.3CO.2Fe/c2*1-2-4-5-3-1;1-3-2;2-1(3,4)8(5,6)7;3*1-2;;/h2*1-5H2;1H2,2H3;(H,5,6,7);;;;;/q;;+1;;;;;;/p-1. The molecule has 0 unspecified atom stereocenters. The maximum Gasteiger partial charge on any atom is 0.128 e. The van der Waals surface area contributed by atoms with E-state index in [-0.39, 0.29) is 34.1 Å². The molecule has 2 aliphatic rings. The van der Waals surface area contributed by atoms with Crippen molar-refractivity contribution in [2.75, 3.05) is 6.26 Å². The number of alkyl halides is 3. The fraction of sp³-hybridized carbons (Fsp3) is 0.750. The van der Waals surface area contributed by atoms with Gasteiger partial charge in [-0.05, 0) is 0 Å². The van der Waals surface area contributed by atoms with E-state index in [4.69, 9.17) is 26.9 Å². The molecule has 0 heterocycles. The minimum Gasteiger partial charge on any atom is 0 e. The first-order valence-electron chi connectivity index (χ1n) is 7.58. The molecule has 0 N–H and O–H groups in total. The summed E-state index contributed by atoms with van der Waals surface area (Å²) >= 11 is 1.50. The number of halogens is 3. The molecule has 0 saturated heterocycles. The molecule has 13 heteroatoms. The fourth-order valence-corrected chi connectivity index (χ4v) is 1.77. The first kappa shape index (κ1) is 47.1. The van der Waals surface area contributed by atoms with Gasteiger partial charge in [0.1, 0.15) is 6.26 Å². The van der Waals surface area contributed by atoms with Crippen LogP contribution in [0.1, 0.15) is 64.2 Å². The Bertz CT molecular complexity index is 395. The van der Waals surface area contributed by atoms with Crippen molar-refractivity contribution in [1.29, 1.82) is 0 Å². The summed E-state index contributed by atoms with van der Waals surface area (Å²) in [6, 6.07) is 0. The van der Waals surface area contributed by atoms with Crippen LogP contribution in [0.15, 0.2) is 0 Å². The molecule has 0 amide bonds. The molecule has 0 aromatic carbocycles. The van der Waals surface area contributed by atoms with Crippen LogP contribution in [-0.2, 0) is 58.2 Å². The van der Waals surface area contributed by atoms with Crippen LogP contribution in [0.3, 0.4) is 0 Å². The van der Waals surface area contributed by atoms with Crippen molar-refractivity contribution in [3.63, 3.8) is 0 Å². The molecule has 0 bridgehead atoms. The van der Waals surface area contributed by atoms with Gasteiger partial charge in [0.05, 0.1) is 11.8 Å². The first-order valence-corrected chi connectivity index (χ1v) is 10.4. The van der Waals surface area contributed by atoms with Crippen molar-refractivity contribution in [2.24, 2.45) is 0 Å². The van der Waals surface area contributed by atoms with Gasteiger partial charge < -0.3 is 4.55 Å². The SMILES string of the molecule is C1CCCC1.C1CCCC1.O=S(=O)([O-])C(F)(F)F.[C-]#[O+].[C-]#[O+].[C-]#[O+].[CH2+]SC.[Fe].[Fe]. The third-order valence-electron chi connectivity index (χ3n) is 2.78. The van der Waals surface area contributed by atoms with E-state index in [2.05, 4.69) is 26.2 Å². The van der Waals surface area contributed by atoms with Gasteiger partial charge in [-0.15, -0.1) is 0 Å². The van der Waals surface area contributed by atoms with Crippen molar-refractivity contribution < 1.29 is 74.2 Å². The molecule has 0 aromatic heterocycles. The fourth-order valence-electron chi connectivity index (χ4n) is 1.77. The molecular weight excluding hydrogens is 521 g/mol. The van der Waals surface area contributed by atoms with E-state index >= 15 is 0 Å². The van der Waals surface area contributed by atoms with Crippen LogP contribution in [0.4, 0.5) is 13.2 Å².